The van der Waals surface area contributed by atoms with E-state index in [0.29, 0.717) is 24.3 Å². The van der Waals surface area contributed by atoms with Crippen molar-refractivity contribution in [2.75, 3.05) is 13.2 Å². The van der Waals surface area contributed by atoms with Gasteiger partial charge in [0.15, 0.2) is 0 Å². The molecule has 0 unspecified atom stereocenters. The Morgan fingerprint density at radius 3 is 2.13 bits per heavy atom. The predicted octanol–water partition coefficient (Wildman–Crippen LogP) is 2.54. The number of hydrogen-bond acceptors (Lipinski definition) is 3. The molecule has 0 bridgehead atoms. The van der Waals surface area contributed by atoms with E-state index in [1.807, 2.05) is 18.2 Å². The maximum Gasteiger partial charge on any atom is 0.261 e. The monoisotopic (exact) mass is 307 g/mol. The smallest absolute Gasteiger partial charge is 0.261 e. The highest BCUT2D eigenvalue weighted by atomic mass is 16.5. The minimum atomic E-state index is -0.195. The first-order chi connectivity index (χ1) is 11.3. The van der Waals surface area contributed by atoms with Gasteiger partial charge in [-0.1, -0.05) is 42.5 Å². The molecule has 4 nitrogen and oxygen atoms in total. The van der Waals surface area contributed by atoms with Crippen molar-refractivity contribution in [2.45, 2.75) is 12.5 Å². The molecule has 2 aliphatic heterocycles. The number of imide groups is 1. The zero-order valence-corrected chi connectivity index (χ0v) is 12.6. The van der Waals surface area contributed by atoms with Crippen LogP contribution in [0.15, 0.2) is 54.6 Å². The second-order valence-electron chi connectivity index (χ2n) is 6.08. The fourth-order valence-electron chi connectivity index (χ4n) is 3.49. The SMILES string of the molecule is O=C1c2ccccc2C(=O)N1[C@H]1COC[C@@H]1Cc1ccccc1. The van der Waals surface area contributed by atoms with Gasteiger partial charge in [0.05, 0.1) is 30.4 Å². The summed E-state index contributed by atoms with van der Waals surface area (Å²) in [5, 5.41) is 0. The van der Waals surface area contributed by atoms with Gasteiger partial charge in [-0.15, -0.1) is 0 Å². The van der Waals surface area contributed by atoms with Crippen LogP contribution in [0.25, 0.3) is 0 Å². The fourth-order valence-corrected chi connectivity index (χ4v) is 3.49. The summed E-state index contributed by atoms with van der Waals surface area (Å²) in [6, 6.07) is 17.0. The molecule has 2 aromatic carbocycles. The zero-order chi connectivity index (χ0) is 15.8. The molecule has 0 N–H and O–H groups in total. The summed E-state index contributed by atoms with van der Waals surface area (Å²) in [5.74, 6) is -0.252. The van der Waals surface area contributed by atoms with Crippen molar-refractivity contribution < 1.29 is 14.3 Å². The van der Waals surface area contributed by atoms with Crippen molar-refractivity contribution in [2.24, 2.45) is 5.92 Å². The molecule has 2 amide bonds. The normalized spacial score (nSPS) is 23.4. The summed E-state index contributed by atoms with van der Waals surface area (Å²) < 4.78 is 5.60. The lowest BCUT2D eigenvalue weighted by molar-refractivity contribution is 0.0542. The van der Waals surface area contributed by atoms with E-state index in [0.717, 1.165) is 6.42 Å². The van der Waals surface area contributed by atoms with Crippen molar-refractivity contribution in [3.63, 3.8) is 0 Å². The first-order valence-electron chi connectivity index (χ1n) is 7.84. The summed E-state index contributed by atoms with van der Waals surface area (Å²) in [6.07, 6.45) is 0.804. The number of amides is 2. The molecule has 2 heterocycles. The van der Waals surface area contributed by atoms with E-state index in [9.17, 15) is 9.59 Å². The molecule has 4 heteroatoms. The first-order valence-corrected chi connectivity index (χ1v) is 7.84. The number of fused-ring (bicyclic) bond motifs is 1. The highest BCUT2D eigenvalue weighted by Crippen LogP contribution is 2.31. The van der Waals surface area contributed by atoms with Crippen molar-refractivity contribution in [1.29, 1.82) is 0 Å². The van der Waals surface area contributed by atoms with E-state index in [1.54, 1.807) is 24.3 Å². The standard InChI is InChI=1S/C19H17NO3/c21-18-15-8-4-5-9-16(15)19(22)20(18)17-12-23-11-14(17)10-13-6-2-1-3-7-13/h1-9,14,17H,10-12H2/t14-,17-/m0/s1. The summed E-state index contributed by atoms with van der Waals surface area (Å²) >= 11 is 0. The average Bonchev–Trinajstić information content (AvgIpc) is 3.12. The zero-order valence-electron chi connectivity index (χ0n) is 12.6. The van der Waals surface area contributed by atoms with Crippen LogP contribution in [0.3, 0.4) is 0 Å². The largest absolute Gasteiger partial charge is 0.379 e. The summed E-state index contributed by atoms with van der Waals surface area (Å²) in [5.41, 5.74) is 2.20. The molecule has 2 aromatic rings. The minimum absolute atomic E-state index is 0.139. The van der Waals surface area contributed by atoms with Gasteiger partial charge in [-0.25, -0.2) is 0 Å². The van der Waals surface area contributed by atoms with Crippen LogP contribution < -0.4 is 0 Å². The Morgan fingerprint density at radius 2 is 1.48 bits per heavy atom. The lowest BCUT2D eigenvalue weighted by Gasteiger charge is -2.26. The molecule has 0 aliphatic carbocycles. The highest BCUT2D eigenvalue weighted by Gasteiger charge is 2.44. The molecule has 2 atom stereocenters. The molecule has 0 radical (unpaired) electrons. The Labute approximate surface area is 134 Å². The molecule has 1 fully saturated rings. The van der Waals surface area contributed by atoms with Crippen LogP contribution in [0.5, 0.6) is 0 Å². The van der Waals surface area contributed by atoms with E-state index < -0.39 is 0 Å². The van der Waals surface area contributed by atoms with Crippen molar-refractivity contribution in [3.8, 4) is 0 Å². The van der Waals surface area contributed by atoms with Crippen molar-refractivity contribution in [1.82, 2.24) is 4.90 Å². The second kappa shape index (κ2) is 5.63. The van der Waals surface area contributed by atoms with Gasteiger partial charge in [0.1, 0.15) is 0 Å². The number of nitrogens with zero attached hydrogens (tertiary/aromatic N) is 1. The highest BCUT2D eigenvalue weighted by molar-refractivity contribution is 6.21. The molecular weight excluding hydrogens is 290 g/mol. The molecular formula is C19H17NO3. The number of carbonyl (C=O) groups is 2. The van der Waals surface area contributed by atoms with Crippen LogP contribution in [0.2, 0.25) is 0 Å². The van der Waals surface area contributed by atoms with Crippen LogP contribution >= 0.6 is 0 Å². The van der Waals surface area contributed by atoms with E-state index in [2.05, 4.69) is 12.1 Å². The third kappa shape index (κ3) is 2.35. The molecule has 23 heavy (non-hydrogen) atoms. The number of rotatable bonds is 3. The Hall–Kier alpha value is -2.46. The van der Waals surface area contributed by atoms with Crippen molar-refractivity contribution >= 4 is 11.8 Å². The summed E-state index contributed by atoms with van der Waals surface area (Å²) in [7, 11) is 0. The van der Waals surface area contributed by atoms with Crippen LogP contribution in [0, 0.1) is 5.92 Å². The fraction of sp³-hybridized carbons (Fsp3) is 0.263. The van der Waals surface area contributed by atoms with Crippen LogP contribution in [0.4, 0.5) is 0 Å². The van der Waals surface area contributed by atoms with Gasteiger partial charge in [0.25, 0.3) is 11.8 Å². The van der Waals surface area contributed by atoms with E-state index in [4.69, 9.17) is 4.74 Å². The van der Waals surface area contributed by atoms with Gasteiger partial charge in [-0.3, -0.25) is 14.5 Å². The molecule has 4 rings (SSSR count). The topological polar surface area (TPSA) is 46.6 Å². The van der Waals surface area contributed by atoms with Gasteiger partial charge in [-0.2, -0.15) is 0 Å². The van der Waals surface area contributed by atoms with E-state index in [-0.39, 0.29) is 23.8 Å². The van der Waals surface area contributed by atoms with Crippen molar-refractivity contribution in [3.05, 3.63) is 71.3 Å². The minimum Gasteiger partial charge on any atom is -0.379 e. The Balaban J connectivity index is 1.60. The van der Waals surface area contributed by atoms with Crippen LogP contribution in [-0.2, 0) is 11.2 Å². The van der Waals surface area contributed by atoms with E-state index >= 15 is 0 Å². The van der Waals surface area contributed by atoms with E-state index in [1.165, 1.54) is 10.5 Å². The maximum absolute atomic E-state index is 12.6. The quantitative estimate of drug-likeness (QED) is 0.819. The summed E-state index contributed by atoms with van der Waals surface area (Å²) in [6.45, 7) is 0.996. The summed E-state index contributed by atoms with van der Waals surface area (Å²) in [4.78, 5) is 26.7. The van der Waals surface area contributed by atoms with Gasteiger partial charge >= 0.3 is 0 Å². The third-order valence-electron chi connectivity index (χ3n) is 4.66. The molecule has 0 aromatic heterocycles. The second-order valence-corrected chi connectivity index (χ2v) is 6.08. The Bertz CT molecular complexity index is 721. The molecule has 2 aliphatic rings. The van der Waals surface area contributed by atoms with Gasteiger partial charge < -0.3 is 4.74 Å². The molecule has 116 valence electrons. The number of carbonyl (C=O) groups excluding carboxylic acids is 2. The Kier molecular flexibility index (Phi) is 3.46. The third-order valence-corrected chi connectivity index (χ3v) is 4.66. The lowest BCUT2D eigenvalue weighted by Crippen LogP contribution is -2.44. The Morgan fingerprint density at radius 1 is 0.870 bits per heavy atom. The average molecular weight is 307 g/mol. The predicted molar refractivity (Wildman–Crippen MR) is 85.2 cm³/mol. The van der Waals surface area contributed by atoms with Crippen LogP contribution in [0.1, 0.15) is 26.3 Å². The molecule has 1 saturated heterocycles. The molecule has 0 saturated carbocycles. The van der Waals surface area contributed by atoms with Gasteiger partial charge in [0.2, 0.25) is 0 Å². The number of benzene rings is 2. The number of ether oxygens (including phenoxy) is 1. The molecule has 0 spiro atoms. The number of hydrogen-bond donors (Lipinski definition) is 0. The van der Waals surface area contributed by atoms with Crippen LogP contribution in [-0.4, -0.2) is 36.0 Å². The van der Waals surface area contributed by atoms with Gasteiger partial charge in [-0.05, 0) is 24.1 Å². The van der Waals surface area contributed by atoms with Gasteiger partial charge in [0, 0.05) is 5.92 Å². The first kappa shape index (κ1) is 14.2. The lowest BCUT2D eigenvalue weighted by atomic mass is 9.94. The maximum atomic E-state index is 12.6.